The normalized spacial score (nSPS) is 19.2. The molecule has 0 spiro atoms. The third kappa shape index (κ3) is 3.88. The fraction of sp³-hybridized carbons (Fsp3) is 0.529. The Bertz CT molecular complexity index is 654. The van der Waals surface area contributed by atoms with E-state index in [1.54, 1.807) is 19.9 Å². The zero-order valence-corrected chi connectivity index (χ0v) is 13.9. The molecule has 1 unspecified atom stereocenters. The van der Waals surface area contributed by atoms with Crippen molar-refractivity contribution in [2.75, 3.05) is 5.32 Å². The van der Waals surface area contributed by atoms with Crippen LogP contribution in [0.2, 0.25) is 0 Å². The molecule has 7 heteroatoms. The molecule has 1 aliphatic heterocycles. The van der Waals surface area contributed by atoms with E-state index >= 15 is 0 Å². The van der Waals surface area contributed by atoms with Crippen molar-refractivity contribution in [1.82, 2.24) is 5.32 Å². The van der Waals surface area contributed by atoms with E-state index in [4.69, 9.17) is 0 Å². The minimum Gasteiger partial charge on any atom is -0.374 e. The second-order valence-electron chi connectivity index (χ2n) is 6.64. The van der Waals surface area contributed by atoms with Crippen LogP contribution in [0.3, 0.4) is 0 Å². The molecule has 0 radical (unpaired) electrons. The Labute approximate surface area is 138 Å². The lowest BCUT2D eigenvalue weighted by atomic mass is 9.79. The Hall–Kier alpha value is -2.05. The van der Waals surface area contributed by atoms with E-state index in [-0.39, 0.29) is 30.0 Å². The largest absolute Gasteiger partial charge is 0.416 e. The number of amides is 2. The van der Waals surface area contributed by atoms with E-state index < -0.39 is 29.1 Å². The maximum Gasteiger partial charge on any atom is 0.416 e. The number of imide groups is 1. The van der Waals surface area contributed by atoms with Crippen LogP contribution in [0.25, 0.3) is 0 Å². The molecule has 1 aromatic carbocycles. The number of rotatable bonds is 4. The smallest absolute Gasteiger partial charge is 0.374 e. The zero-order valence-electron chi connectivity index (χ0n) is 13.9. The van der Waals surface area contributed by atoms with Crippen LogP contribution in [-0.4, -0.2) is 17.9 Å². The number of benzene rings is 1. The van der Waals surface area contributed by atoms with Gasteiger partial charge in [0.15, 0.2) is 0 Å². The Morgan fingerprint density at radius 2 is 1.88 bits per heavy atom. The predicted octanol–water partition coefficient (Wildman–Crippen LogP) is 3.61. The molecule has 1 aliphatic rings. The highest BCUT2D eigenvalue weighted by atomic mass is 19.4. The molecule has 1 aromatic rings. The maximum absolute atomic E-state index is 13.4. The van der Waals surface area contributed by atoms with Crippen molar-refractivity contribution in [2.45, 2.75) is 57.7 Å². The van der Waals surface area contributed by atoms with Crippen molar-refractivity contribution < 1.29 is 22.8 Å². The summed E-state index contributed by atoms with van der Waals surface area (Å²) in [6.45, 7) is 5.38. The van der Waals surface area contributed by atoms with Gasteiger partial charge in [0.05, 0.1) is 5.56 Å². The van der Waals surface area contributed by atoms with Crippen LogP contribution in [0, 0.1) is 0 Å². The Morgan fingerprint density at radius 1 is 1.21 bits per heavy atom. The van der Waals surface area contributed by atoms with Crippen LogP contribution in [0.5, 0.6) is 0 Å². The minimum atomic E-state index is -4.48. The molecule has 1 heterocycles. The quantitative estimate of drug-likeness (QED) is 0.822. The first-order valence-corrected chi connectivity index (χ1v) is 7.86. The van der Waals surface area contributed by atoms with Gasteiger partial charge in [0, 0.05) is 12.1 Å². The molecule has 2 N–H and O–H groups in total. The molecule has 1 saturated heterocycles. The van der Waals surface area contributed by atoms with Crippen molar-refractivity contribution in [1.29, 1.82) is 0 Å². The topological polar surface area (TPSA) is 58.2 Å². The van der Waals surface area contributed by atoms with E-state index in [0.29, 0.717) is 6.42 Å². The van der Waals surface area contributed by atoms with Gasteiger partial charge in [-0.2, -0.15) is 13.2 Å². The summed E-state index contributed by atoms with van der Waals surface area (Å²) in [5.41, 5.74) is -0.872. The van der Waals surface area contributed by atoms with Crippen LogP contribution >= 0.6 is 0 Å². The van der Waals surface area contributed by atoms with E-state index in [0.717, 1.165) is 6.07 Å². The van der Waals surface area contributed by atoms with Crippen molar-refractivity contribution in [3.05, 3.63) is 29.3 Å². The standard InChI is InChI=1S/C17H21F3N2O2/c1-4-16(2,3)11-6-5-10(9-12(11)17(18,19)20)21-13-7-8-14(23)22-15(13)24/h5-6,9,13,21H,4,7-8H2,1-3H3,(H,22,23,24). The molecule has 132 valence electrons. The van der Waals surface area contributed by atoms with Crippen LogP contribution in [0.1, 0.15) is 51.2 Å². The van der Waals surface area contributed by atoms with Crippen LogP contribution in [0.4, 0.5) is 18.9 Å². The Balaban J connectivity index is 2.33. The number of carbonyl (C=O) groups is 2. The molecule has 0 saturated carbocycles. The number of halogens is 3. The Morgan fingerprint density at radius 3 is 2.42 bits per heavy atom. The van der Waals surface area contributed by atoms with Gasteiger partial charge in [-0.3, -0.25) is 14.9 Å². The summed E-state index contributed by atoms with van der Waals surface area (Å²) in [6, 6.07) is 3.33. The first kappa shape index (κ1) is 18.3. The van der Waals surface area contributed by atoms with Gasteiger partial charge in [-0.25, -0.2) is 0 Å². The van der Waals surface area contributed by atoms with Crippen molar-refractivity contribution in [3.8, 4) is 0 Å². The van der Waals surface area contributed by atoms with Gasteiger partial charge in [-0.05, 0) is 36.0 Å². The highest BCUT2D eigenvalue weighted by Crippen LogP contribution is 2.40. The molecule has 0 aliphatic carbocycles. The molecule has 1 fully saturated rings. The average Bonchev–Trinajstić information content (AvgIpc) is 2.49. The third-order valence-electron chi connectivity index (χ3n) is 4.52. The average molecular weight is 342 g/mol. The van der Waals surface area contributed by atoms with Crippen LogP contribution in [-0.2, 0) is 21.2 Å². The summed E-state index contributed by atoms with van der Waals surface area (Å²) in [5.74, 6) is -0.883. The summed E-state index contributed by atoms with van der Waals surface area (Å²) >= 11 is 0. The van der Waals surface area contributed by atoms with E-state index in [9.17, 15) is 22.8 Å². The second kappa shape index (κ2) is 6.45. The summed E-state index contributed by atoms with van der Waals surface area (Å²) in [7, 11) is 0. The fourth-order valence-electron chi connectivity index (χ4n) is 2.68. The van der Waals surface area contributed by atoms with Gasteiger partial charge in [-0.1, -0.05) is 26.8 Å². The van der Waals surface area contributed by atoms with Gasteiger partial charge in [0.2, 0.25) is 11.8 Å². The first-order chi connectivity index (χ1) is 11.0. The number of carbonyl (C=O) groups excluding carboxylic acids is 2. The molecule has 0 aromatic heterocycles. The lowest BCUT2D eigenvalue weighted by Crippen LogP contribution is -2.47. The highest BCUT2D eigenvalue weighted by Gasteiger charge is 2.37. The first-order valence-electron chi connectivity index (χ1n) is 7.86. The van der Waals surface area contributed by atoms with Gasteiger partial charge < -0.3 is 5.32 Å². The highest BCUT2D eigenvalue weighted by molar-refractivity contribution is 6.01. The number of hydrogen-bond donors (Lipinski definition) is 2. The maximum atomic E-state index is 13.4. The molecule has 2 amide bonds. The lowest BCUT2D eigenvalue weighted by molar-refractivity contribution is -0.138. The minimum absolute atomic E-state index is 0.163. The monoisotopic (exact) mass is 342 g/mol. The summed E-state index contributed by atoms with van der Waals surface area (Å²) in [6.07, 6.45) is -3.50. The molecular formula is C17H21F3N2O2. The third-order valence-corrected chi connectivity index (χ3v) is 4.52. The molecular weight excluding hydrogens is 321 g/mol. The number of hydrogen-bond acceptors (Lipinski definition) is 3. The molecule has 4 nitrogen and oxygen atoms in total. The number of anilines is 1. The van der Waals surface area contributed by atoms with Crippen molar-refractivity contribution in [3.63, 3.8) is 0 Å². The number of alkyl halides is 3. The van der Waals surface area contributed by atoms with E-state index in [2.05, 4.69) is 10.6 Å². The van der Waals surface area contributed by atoms with Gasteiger partial charge >= 0.3 is 6.18 Å². The molecule has 24 heavy (non-hydrogen) atoms. The Kier molecular flexibility index (Phi) is 4.92. The summed E-state index contributed by atoms with van der Waals surface area (Å²) in [4.78, 5) is 22.9. The summed E-state index contributed by atoms with van der Waals surface area (Å²) < 4.78 is 40.3. The second-order valence-corrected chi connectivity index (χ2v) is 6.64. The van der Waals surface area contributed by atoms with Gasteiger partial charge in [0.1, 0.15) is 6.04 Å². The predicted molar refractivity (Wildman–Crippen MR) is 84.6 cm³/mol. The molecule has 1 atom stereocenters. The van der Waals surface area contributed by atoms with Gasteiger partial charge in [-0.15, -0.1) is 0 Å². The fourth-order valence-corrected chi connectivity index (χ4v) is 2.68. The van der Waals surface area contributed by atoms with E-state index in [1.807, 2.05) is 6.92 Å². The van der Waals surface area contributed by atoms with Crippen molar-refractivity contribution >= 4 is 17.5 Å². The number of piperidine rings is 1. The molecule has 0 bridgehead atoms. The SMILES string of the molecule is CCC(C)(C)c1ccc(NC2CCC(=O)NC2=O)cc1C(F)(F)F. The zero-order chi connectivity index (χ0) is 18.1. The lowest BCUT2D eigenvalue weighted by Gasteiger charge is -2.29. The van der Waals surface area contributed by atoms with Gasteiger partial charge in [0.25, 0.3) is 0 Å². The molecule has 2 rings (SSSR count). The van der Waals surface area contributed by atoms with E-state index in [1.165, 1.54) is 6.07 Å². The van der Waals surface area contributed by atoms with Crippen LogP contribution in [0.15, 0.2) is 18.2 Å². The van der Waals surface area contributed by atoms with Crippen molar-refractivity contribution in [2.24, 2.45) is 0 Å². The number of nitrogens with one attached hydrogen (secondary N) is 2. The summed E-state index contributed by atoms with van der Waals surface area (Å²) in [5, 5.41) is 4.97. The van der Waals surface area contributed by atoms with Crippen LogP contribution < -0.4 is 10.6 Å².